The molecule has 3 N–H and O–H groups in total. The summed E-state index contributed by atoms with van der Waals surface area (Å²) in [5, 5.41) is 28.4. The number of nitrogens with zero attached hydrogens (tertiary/aromatic N) is 1. The third kappa shape index (κ3) is 3.39. The van der Waals surface area contributed by atoms with Gasteiger partial charge < -0.3 is 15.3 Å². The first-order valence-corrected chi connectivity index (χ1v) is 6.63. The van der Waals surface area contributed by atoms with Gasteiger partial charge in [-0.3, -0.25) is 9.59 Å². The molecule has 1 aromatic carbocycles. The number of amides is 1. The molecule has 0 bridgehead atoms. The number of ketones is 1. The van der Waals surface area contributed by atoms with Crippen LogP contribution in [0, 0.1) is 0 Å². The van der Waals surface area contributed by atoms with Crippen LogP contribution in [0.5, 0.6) is 11.5 Å². The van der Waals surface area contributed by atoms with E-state index >= 15 is 0 Å². The van der Waals surface area contributed by atoms with Crippen molar-refractivity contribution in [3.05, 3.63) is 35.6 Å². The van der Waals surface area contributed by atoms with Gasteiger partial charge in [0.05, 0.1) is 22.8 Å². The third-order valence-electron chi connectivity index (χ3n) is 2.51. The number of aromatic hydroxyl groups is 2. The highest BCUT2D eigenvalue weighted by Crippen LogP contribution is 2.25. The van der Waals surface area contributed by atoms with E-state index in [1.165, 1.54) is 12.1 Å². The molecule has 6 nitrogen and oxygen atoms in total. The summed E-state index contributed by atoms with van der Waals surface area (Å²) in [6.07, 6.45) is 1.14. The number of aliphatic hydroxyl groups is 1. The summed E-state index contributed by atoms with van der Waals surface area (Å²) in [4.78, 5) is 26.7. The number of phenolic OH excluding ortho intramolecular Hbond substituents is 2. The highest BCUT2D eigenvalue weighted by Gasteiger charge is 2.17. The molecule has 0 radical (unpaired) electrons. The van der Waals surface area contributed by atoms with E-state index in [4.69, 9.17) is 5.11 Å². The summed E-state index contributed by atoms with van der Waals surface area (Å²) < 4.78 is 0. The van der Waals surface area contributed by atoms with Gasteiger partial charge in [-0.25, -0.2) is 4.99 Å². The van der Waals surface area contributed by atoms with Crippen LogP contribution in [0.1, 0.15) is 16.8 Å². The Morgan fingerprint density at radius 3 is 2.70 bits per heavy atom. The van der Waals surface area contributed by atoms with E-state index in [9.17, 15) is 19.8 Å². The molecule has 0 aliphatic carbocycles. The minimum atomic E-state index is -0.559. The lowest BCUT2D eigenvalue weighted by Gasteiger charge is -2.09. The Labute approximate surface area is 118 Å². The Hall–Kier alpha value is -2.28. The zero-order valence-corrected chi connectivity index (χ0v) is 11.1. The fourth-order valence-electron chi connectivity index (χ4n) is 1.61. The lowest BCUT2D eigenvalue weighted by molar-refractivity contribution is -0.113. The number of carbonyl (C=O) groups is 2. The number of hydrogen-bond donors (Lipinski definition) is 3. The minimum absolute atomic E-state index is 0.0300. The molecule has 0 unspecified atom stereocenters. The predicted molar refractivity (Wildman–Crippen MR) is 74.3 cm³/mol. The van der Waals surface area contributed by atoms with Crippen molar-refractivity contribution in [2.45, 2.75) is 6.42 Å². The van der Waals surface area contributed by atoms with Gasteiger partial charge >= 0.3 is 0 Å². The average molecular weight is 293 g/mol. The van der Waals surface area contributed by atoms with Crippen molar-refractivity contribution in [3.63, 3.8) is 0 Å². The molecule has 2 rings (SSSR count). The Kier molecular flexibility index (Phi) is 4.09. The van der Waals surface area contributed by atoms with Crippen LogP contribution < -0.4 is 0 Å². The number of aliphatic hydroxyl groups excluding tert-OH is 1. The Bertz CT molecular complexity index is 636. The van der Waals surface area contributed by atoms with Crippen molar-refractivity contribution in [1.82, 2.24) is 0 Å². The molecular formula is C13H11NO5S. The van der Waals surface area contributed by atoms with Crippen molar-refractivity contribution in [3.8, 4) is 11.5 Å². The number of benzene rings is 1. The van der Waals surface area contributed by atoms with Crippen molar-refractivity contribution < 1.29 is 24.9 Å². The second kappa shape index (κ2) is 5.79. The maximum Gasteiger partial charge on any atom is 0.273 e. The van der Waals surface area contributed by atoms with Crippen LogP contribution in [0.2, 0.25) is 0 Å². The van der Waals surface area contributed by atoms with Crippen LogP contribution in [0.25, 0.3) is 0 Å². The fourth-order valence-corrected chi connectivity index (χ4v) is 2.47. The highest BCUT2D eigenvalue weighted by molar-refractivity contribution is 8.14. The van der Waals surface area contributed by atoms with Gasteiger partial charge in [0, 0.05) is 12.1 Å². The molecule has 104 valence electrons. The van der Waals surface area contributed by atoms with Crippen LogP contribution in [0.3, 0.4) is 0 Å². The number of aliphatic imine (C=N–C) groups is 1. The molecule has 1 aromatic rings. The maximum absolute atomic E-state index is 11.9. The number of rotatable bonds is 3. The molecule has 1 aliphatic heterocycles. The summed E-state index contributed by atoms with van der Waals surface area (Å²) in [6, 6.07) is 3.70. The second-order valence-electron chi connectivity index (χ2n) is 4.07. The number of dihydropyridines is 1. The van der Waals surface area contributed by atoms with Crippen molar-refractivity contribution in [2.75, 3.05) is 5.75 Å². The van der Waals surface area contributed by atoms with Gasteiger partial charge in [-0.05, 0) is 12.1 Å². The van der Waals surface area contributed by atoms with E-state index in [2.05, 4.69) is 4.99 Å². The minimum Gasteiger partial charge on any atom is -0.512 e. The molecular weight excluding hydrogens is 282 g/mol. The summed E-state index contributed by atoms with van der Waals surface area (Å²) in [5.74, 6) is -1.48. The van der Waals surface area contributed by atoms with E-state index < -0.39 is 5.91 Å². The van der Waals surface area contributed by atoms with E-state index in [1.54, 1.807) is 0 Å². The van der Waals surface area contributed by atoms with E-state index in [-0.39, 0.29) is 40.8 Å². The maximum atomic E-state index is 11.9. The normalized spacial score (nSPS) is 14.7. The van der Waals surface area contributed by atoms with E-state index in [1.807, 2.05) is 0 Å². The Morgan fingerprint density at radius 1 is 1.30 bits per heavy atom. The van der Waals surface area contributed by atoms with Gasteiger partial charge in [-0.15, -0.1) is 11.8 Å². The SMILES string of the molecule is O=C1C=C(O)CC(SCC(=O)c2ccc(O)cc2O)=N1. The zero-order chi connectivity index (χ0) is 14.7. The van der Waals surface area contributed by atoms with Gasteiger partial charge in [0.2, 0.25) is 0 Å². The summed E-state index contributed by atoms with van der Waals surface area (Å²) in [6.45, 7) is 0. The standard InChI is InChI=1S/C13H11NO5S/c15-7-1-2-9(10(17)3-7)11(18)6-20-13-5-8(16)4-12(19)14-13/h1-4,15-17H,5-6H2. The zero-order valence-electron chi connectivity index (χ0n) is 10.2. The molecule has 0 atom stereocenters. The summed E-state index contributed by atoms with van der Waals surface area (Å²) in [7, 11) is 0. The topological polar surface area (TPSA) is 107 Å². The van der Waals surface area contributed by atoms with Gasteiger partial charge in [0.25, 0.3) is 5.91 Å². The van der Waals surface area contributed by atoms with E-state index in [0.717, 1.165) is 23.9 Å². The quantitative estimate of drug-likeness (QED) is 0.733. The number of phenols is 2. The first-order valence-electron chi connectivity index (χ1n) is 5.65. The Morgan fingerprint density at radius 2 is 2.05 bits per heavy atom. The molecule has 1 amide bonds. The van der Waals surface area contributed by atoms with Crippen LogP contribution in [0.4, 0.5) is 0 Å². The van der Waals surface area contributed by atoms with Crippen molar-refractivity contribution >= 4 is 28.5 Å². The smallest absolute Gasteiger partial charge is 0.273 e. The van der Waals surface area contributed by atoms with Crippen molar-refractivity contribution in [1.29, 1.82) is 0 Å². The van der Waals surface area contributed by atoms with E-state index in [0.29, 0.717) is 5.04 Å². The molecule has 0 saturated carbocycles. The molecule has 7 heteroatoms. The molecule has 0 spiro atoms. The lowest BCUT2D eigenvalue weighted by Crippen LogP contribution is -2.10. The van der Waals surface area contributed by atoms with Crippen LogP contribution >= 0.6 is 11.8 Å². The molecule has 20 heavy (non-hydrogen) atoms. The lowest BCUT2D eigenvalue weighted by atomic mass is 10.1. The van der Waals surface area contributed by atoms with Crippen LogP contribution in [-0.4, -0.2) is 37.8 Å². The second-order valence-corrected chi connectivity index (χ2v) is 5.12. The first kappa shape index (κ1) is 14.1. The van der Waals surface area contributed by atoms with Crippen LogP contribution in [0.15, 0.2) is 35.0 Å². The molecule has 0 aromatic heterocycles. The van der Waals surface area contributed by atoms with Gasteiger partial charge in [0.1, 0.15) is 17.3 Å². The number of hydrogen-bond acceptors (Lipinski definition) is 6. The number of Topliss-reactive ketones (excluding diaryl/α,β-unsaturated/α-hetero) is 1. The van der Waals surface area contributed by atoms with Crippen LogP contribution in [-0.2, 0) is 4.79 Å². The van der Waals surface area contributed by atoms with Gasteiger partial charge in [-0.2, -0.15) is 0 Å². The monoisotopic (exact) mass is 293 g/mol. The average Bonchev–Trinajstić information content (AvgIpc) is 2.35. The summed E-state index contributed by atoms with van der Waals surface area (Å²) in [5.41, 5.74) is 0.0813. The number of allylic oxidation sites excluding steroid dienone is 1. The fraction of sp³-hybridized carbons (Fsp3) is 0.154. The van der Waals surface area contributed by atoms with Crippen molar-refractivity contribution in [2.24, 2.45) is 4.99 Å². The molecule has 0 fully saturated rings. The number of thioether (sulfide) groups is 1. The molecule has 0 saturated heterocycles. The third-order valence-corrected chi connectivity index (χ3v) is 3.48. The largest absolute Gasteiger partial charge is 0.512 e. The van der Waals surface area contributed by atoms with Gasteiger partial charge in [0.15, 0.2) is 5.78 Å². The first-order chi connectivity index (χ1) is 9.45. The summed E-state index contributed by atoms with van der Waals surface area (Å²) >= 11 is 1.03. The molecule has 1 heterocycles. The highest BCUT2D eigenvalue weighted by atomic mass is 32.2. The van der Waals surface area contributed by atoms with Gasteiger partial charge in [-0.1, -0.05) is 0 Å². The molecule has 1 aliphatic rings. The predicted octanol–water partition coefficient (Wildman–Crippen LogP) is 1.78. The Balaban J connectivity index is 2.01. The number of carbonyl (C=O) groups excluding carboxylic acids is 2.